The van der Waals surface area contributed by atoms with Crippen LogP contribution in [0.2, 0.25) is 0 Å². The summed E-state index contributed by atoms with van der Waals surface area (Å²) in [5.74, 6) is 3.00. The zero-order valence-electron chi connectivity index (χ0n) is 12.9. The van der Waals surface area contributed by atoms with E-state index in [1.807, 2.05) is 18.2 Å². The minimum Gasteiger partial charge on any atom is -0.485 e. The Kier molecular flexibility index (Phi) is 3.40. The number of likely N-dealkylation sites (N-methyl/N-ethyl adjacent to an activating group) is 1. The molecular formula is C16H18N4O3. The summed E-state index contributed by atoms with van der Waals surface area (Å²) < 4.78 is 13.5. The van der Waals surface area contributed by atoms with Gasteiger partial charge in [0.05, 0.1) is 6.54 Å². The molecule has 7 nitrogen and oxygen atoms in total. The number of amides is 1. The predicted molar refractivity (Wildman–Crippen MR) is 81.2 cm³/mol. The Morgan fingerprint density at radius 3 is 3.04 bits per heavy atom. The molecule has 0 N–H and O–H groups in total. The average Bonchev–Trinajstić information content (AvgIpc) is 3.18. The molecule has 0 aliphatic carbocycles. The highest BCUT2D eigenvalue weighted by molar-refractivity contribution is 5.81. The summed E-state index contributed by atoms with van der Waals surface area (Å²) in [4.78, 5) is 14.2. The van der Waals surface area contributed by atoms with Crippen molar-refractivity contribution in [3.63, 3.8) is 0 Å². The Labute approximate surface area is 133 Å². The molecule has 0 saturated carbocycles. The van der Waals surface area contributed by atoms with Crippen molar-refractivity contribution in [1.29, 1.82) is 0 Å². The molecule has 2 aliphatic heterocycles. The van der Waals surface area contributed by atoms with Gasteiger partial charge in [-0.2, -0.15) is 0 Å². The van der Waals surface area contributed by atoms with E-state index in [1.165, 1.54) is 0 Å². The summed E-state index contributed by atoms with van der Waals surface area (Å²) in [5.41, 5.74) is 0. The molecule has 23 heavy (non-hydrogen) atoms. The average molecular weight is 314 g/mol. The third-order valence-electron chi connectivity index (χ3n) is 4.22. The number of aromatic nitrogens is 3. The van der Waals surface area contributed by atoms with Gasteiger partial charge < -0.3 is 18.9 Å². The van der Waals surface area contributed by atoms with Crippen molar-refractivity contribution in [3.05, 3.63) is 35.9 Å². The van der Waals surface area contributed by atoms with E-state index in [4.69, 9.17) is 9.47 Å². The van der Waals surface area contributed by atoms with Gasteiger partial charge in [0.2, 0.25) is 6.10 Å². The van der Waals surface area contributed by atoms with E-state index in [-0.39, 0.29) is 12.5 Å². The first-order valence-electron chi connectivity index (χ1n) is 7.77. The number of benzene rings is 1. The Bertz CT molecular complexity index is 743. The van der Waals surface area contributed by atoms with Crippen LogP contribution in [0.25, 0.3) is 0 Å². The molecule has 0 bridgehead atoms. The maximum absolute atomic E-state index is 12.6. The van der Waals surface area contributed by atoms with Crippen molar-refractivity contribution in [2.24, 2.45) is 0 Å². The normalized spacial score (nSPS) is 18.6. The molecule has 0 saturated heterocycles. The van der Waals surface area contributed by atoms with E-state index in [2.05, 4.69) is 14.8 Å². The summed E-state index contributed by atoms with van der Waals surface area (Å²) in [6.45, 7) is 1.57. The Morgan fingerprint density at radius 2 is 2.17 bits per heavy atom. The number of nitrogens with zero attached hydrogens (tertiary/aromatic N) is 4. The minimum atomic E-state index is -0.629. The van der Waals surface area contributed by atoms with Gasteiger partial charge in [0.1, 0.15) is 12.4 Å². The van der Waals surface area contributed by atoms with Crippen molar-refractivity contribution in [1.82, 2.24) is 19.7 Å². The second-order valence-electron chi connectivity index (χ2n) is 5.85. The van der Waals surface area contributed by atoms with Crippen molar-refractivity contribution < 1.29 is 14.3 Å². The van der Waals surface area contributed by atoms with Crippen LogP contribution < -0.4 is 9.47 Å². The lowest BCUT2D eigenvalue weighted by molar-refractivity contribution is -0.140. The number of aryl methyl sites for hydroxylation is 1. The van der Waals surface area contributed by atoms with Crippen LogP contribution in [-0.2, 0) is 24.3 Å². The van der Waals surface area contributed by atoms with Crippen LogP contribution in [0.5, 0.6) is 11.5 Å². The number of para-hydroxylation sites is 2. The molecule has 0 radical (unpaired) electrons. The zero-order valence-corrected chi connectivity index (χ0v) is 12.9. The van der Waals surface area contributed by atoms with Gasteiger partial charge in [-0.15, -0.1) is 10.2 Å². The quantitative estimate of drug-likeness (QED) is 0.846. The standard InChI is InChI=1S/C16H18N4O3/c1-19(9-15-18-17-14-7-4-8-20(14)15)16(21)13-10-22-11-5-2-3-6-12(11)23-13/h2-3,5-6,13H,4,7-10H2,1H3/t13-/m0/s1. The third-order valence-corrected chi connectivity index (χ3v) is 4.22. The first-order chi connectivity index (χ1) is 11.2. The first kappa shape index (κ1) is 14.0. The van der Waals surface area contributed by atoms with Crippen LogP contribution in [0, 0.1) is 0 Å². The molecule has 7 heteroatoms. The number of rotatable bonds is 3. The molecule has 0 unspecified atom stereocenters. The smallest absolute Gasteiger partial charge is 0.267 e. The van der Waals surface area contributed by atoms with Gasteiger partial charge in [0.15, 0.2) is 17.3 Å². The van der Waals surface area contributed by atoms with Crippen LogP contribution in [0.1, 0.15) is 18.1 Å². The van der Waals surface area contributed by atoms with Gasteiger partial charge in [0, 0.05) is 20.0 Å². The third kappa shape index (κ3) is 2.52. The van der Waals surface area contributed by atoms with Crippen molar-refractivity contribution in [3.8, 4) is 11.5 Å². The van der Waals surface area contributed by atoms with E-state index in [1.54, 1.807) is 18.0 Å². The molecule has 2 aromatic rings. The number of hydrogen-bond donors (Lipinski definition) is 0. The summed E-state index contributed by atoms with van der Waals surface area (Å²) >= 11 is 0. The lowest BCUT2D eigenvalue weighted by atomic mass is 10.2. The topological polar surface area (TPSA) is 69.5 Å². The maximum Gasteiger partial charge on any atom is 0.267 e. The number of carbonyl (C=O) groups excluding carboxylic acids is 1. The number of fused-ring (bicyclic) bond motifs is 2. The molecule has 1 atom stereocenters. The fourth-order valence-corrected chi connectivity index (χ4v) is 3.00. The highest BCUT2D eigenvalue weighted by atomic mass is 16.6. The molecule has 4 rings (SSSR count). The van der Waals surface area contributed by atoms with E-state index in [0.29, 0.717) is 18.0 Å². The van der Waals surface area contributed by atoms with Gasteiger partial charge in [0.25, 0.3) is 5.91 Å². The summed E-state index contributed by atoms with van der Waals surface area (Å²) in [6, 6.07) is 7.38. The monoisotopic (exact) mass is 314 g/mol. The highest BCUT2D eigenvalue weighted by Crippen LogP contribution is 2.31. The zero-order chi connectivity index (χ0) is 15.8. The summed E-state index contributed by atoms with van der Waals surface area (Å²) in [5, 5.41) is 8.36. The number of hydrogen-bond acceptors (Lipinski definition) is 5. The molecule has 2 aliphatic rings. The molecule has 1 aromatic heterocycles. The van der Waals surface area contributed by atoms with E-state index in [0.717, 1.165) is 31.0 Å². The summed E-state index contributed by atoms with van der Waals surface area (Å²) in [6.07, 6.45) is 1.42. The lowest BCUT2D eigenvalue weighted by Crippen LogP contribution is -2.44. The van der Waals surface area contributed by atoms with Crippen LogP contribution >= 0.6 is 0 Å². The fraction of sp³-hybridized carbons (Fsp3) is 0.438. The molecule has 0 fully saturated rings. The molecular weight excluding hydrogens is 296 g/mol. The largest absolute Gasteiger partial charge is 0.485 e. The van der Waals surface area contributed by atoms with Crippen molar-refractivity contribution >= 4 is 5.91 Å². The van der Waals surface area contributed by atoms with Crippen LogP contribution in [0.15, 0.2) is 24.3 Å². The Hall–Kier alpha value is -2.57. The maximum atomic E-state index is 12.6. The van der Waals surface area contributed by atoms with Gasteiger partial charge >= 0.3 is 0 Å². The summed E-state index contributed by atoms with van der Waals surface area (Å²) in [7, 11) is 1.75. The molecule has 120 valence electrons. The fourth-order valence-electron chi connectivity index (χ4n) is 3.00. The van der Waals surface area contributed by atoms with Crippen LogP contribution in [0.4, 0.5) is 0 Å². The van der Waals surface area contributed by atoms with Crippen molar-refractivity contribution in [2.75, 3.05) is 13.7 Å². The van der Waals surface area contributed by atoms with Gasteiger partial charge in [-0.3, -0.25) is 4.79 Å². The van der Waals surface area contributed by atoms with Gasteiger partial charge in [-0.05, 0) is 18.6 Å². The molecule has 3 heterocycles. The molecule has 1 aromatic carbocycles. The number of carbonyl (C=O) groups is 1. The second-order valence-corrected chi connectivity index (χ2v) is 5.85. The van der Waals surface area contributed by atoms with E-state index >= 15 is 0 Å². The van der Waals surface area contributed by atoms with Gasteiger partial charge in [-0.25, -0.2) is 0 Å². The lowest BCUT2D eigenvalue weighted by Gasteiger charge is -2.28. The van der Waals surface area contributed by atoms with Gasteiger partial charge in [-0.1, -0.05) is 12.1 Å². The van der Waals surface area contributed by atoms with Crippen LogP contribution in [-0.4, -0.2) is 45.3 Å². The second kappa shape index (κ2) is 5.57. The number of ether oxygens (including phenoxy) is 2. The Morgan fingerprint density at radius 1 is 1.35 bits per heavy atom. The molecule has 0 spiro atoms. The van der Waals surface area contributed by atoms with Crippen molar-refractivity contribution in [2.45, 2.75) is 32.0 Å². The minimum absolute atomic E-state index is 0.116. The first-order valence-corrected chi connectivity index (χ1v) is 7.77. The predicted octanol–water partition coefficient (Wildman–Crippen LogP) is 1.02. The van der Waals surface area contributed by atoms with Crippen LogP contribution in [0.3, 0.4) is 0 Å². The SMILES string of the molecule is CN(Cc1nnc2n1CCC2)C(=O)[C@@H]1COc2ccccc2O1. The van der Waals surface area contributed by atoms with E-state index < -0.39 is 6.10 Å². The van der Waals surface area contributed by atoms with E-state index in [9.17, 15) is 4.79 Å². The molecule has 1 amide bonds. The highest BCUT2D eigenvalue weighted by Gasteiger charge is 2.30. The Balaban J connectivity index is 1.45.